The minimum Gasteiger partial charge on any atom is -0.497 e. The summed E-state index contributed by atoms with van der Waals surface area (Å²) in [6.07, 6.45) is -2.77. The second-order valence-corrected chi connectivity index (χ2v) is 5.12. The number of nitrogens with zero attached hydrogens (tertiary/aromatic N) is 2. The van der Waals surface area contributed by atoms with Crippen molar-refractivity contribution in [3.05, 3.63) is 36.0 Å². The molecule has 0 atom stereocenters. The molecule has 0 unspecified atom stereocenters. The zero-order valence-electron chi connectivity index (χ0n) is 11.5. The van der Waals surface area contributed by atoms with E-state index in [0.29, 0.717) is 11.3 Å². The van der Waals surface area contributed by atoms with Crippen molar-refractivity contribution in [1.82, 2.24) is 9.97 Å². The maximum absolute atomic E-state index is 12.9. The fourth-order valence-electron chi connectivity index (χ4n) is 1.68. The Balaban J connectivity index is 2.42. The maximum atomic E-state index is 12.9. The Morgan fingerprint density at radius 3 is 2.77 bits per heavy atom. The molecule has 0 saturated carbocycles. The Bertz CT molecular complexity index is 683. The summed E-state index contributed by atoms with van der Waals surface area (Å²) in [4.78, 5) is 18.4. The minimum absolute atomic E-state index is 0.00183. The van der Waals surface area contributed by atoms with Crippen LogP contribution in [0.25, 0.3) is 11.3 Å². The van der Waals surface area contributed by atoms with Gasteiger partial charge in [0.2, 0.25) is 0 Å². The molecule has 1 N–H and O–H groups in total. The lowest BCUT2D eigenvalue weighted by atomic mass is 10.1. The normalized spacial score (nSPS) is 10.7. The molecule has 8 heteroatoms. The zero-order valence-corrected chi connectivity index (χ0v) is 12.3. The number of benzene rings is 1. The van der Waals surface area contributed by atoms with E-state index in [-0.39, 0.29) is 16.6 Å². The first kappa shape index (κ1) is 16.2. The molecule has 2 aromatic rings. The highest BCUT2D eigenvalue weighted by Gasteiger charge is 2.15. The molecule has 2 rings (SSSR count). The summed E-state index contributed by atoms with van der Waals surface area (Å²) >= 11 is 0.793. The highest BCUT2D eigenvalue weighted by atomic mass is 32.2. The van der Waals surface area contributed by atoms with E-state index in [1.807, 2.05) is 0 Å². The molecule has 5 nitrogen and oxygen atoms in total. The first-order valence-corrected chi connectivity index (χ1v) is 7.14. The van der Waals surface area contributed by atoms with E-state index in [1.54, 1.807) is 24.3 Å². The van der Waals surface area contributed by atoms with Gasteiger partial charge in [-0.1, -0.05) is 23.9 Å². The van der Waals surface area contributed by atoms with E-state index in [4.69, 9.17) is 9.84 Å². The van der Waals surface area contributed by atoms with Gasteiger partial charge < -0.3 is 9.84 Å². The van der Waals surface area contributed by atoms with Crippen molar-refractivity contribution in [2.24, 2.45) is 0 Å². The maximum Gasteiger partial charge on any atom is 0.313 e. The smallest absolute Gasteiger partial charge is 0.313 e. The number of aliphatic carboxylic acids is 1. The first-order chi connectivity index (χ1) is 10.5. The Kier molecular flexibility index (Phi) is 5.26. The van der Waals surface area contributed by atoms with E-state index < -0.39 is 18.1 Å². The molecule has 0 fully saturated rings. The number of hydrogen-bond donors (Lipinski definition) is 1. The van der Waals surface area contributed by atoms with Crippen LogP contribution in [0.1, 0.15) is 12.1 Å². The van der Waals surface area contributed by atoms with E-state index in [1.165, 1.54) is 13.2 Å². The number of halogens is 2. The number of carboxylic acid groups (broad SMARTS) is 1. The van der Waals surface area contributed by atoms with Crippen LogP contribution in [0.2, 0.25) is 0 Å². The van der Waals surface area contributed by atoms with Gasteiger partial charge in [-0.25, -0.2) is 18.7 Å². The van der Waals surface area contributed by atoms with Gasteiger partial charge in [0.15, 0.2) is 5.16 Å². The zero-order chi connectivity index (χ0) is 16.1. The second-order valence-electron chi connectivity index (χ2n) is 4.18. The highest BCUT2D eigenvalue weighted by molar-refractivity contribution is 7.99. The van der Waals surface area contributed by atoms with Gasteiger partial charge in [0.25, 0.3) is 6.43 Å². The summed E-state index contributed by atoms with van der Waals surface area (Å²) < 4.78 is 31.0. The molecule has 22 heavy (non-hydrogen) atoms. The SMILES string of the molecule is COc1cccc(-c2cc(C(F)F)nc(SCC(=O)O)n2)c1. The molecular weight excluding hydrogens is 314 g/mol. The van der Waals surface area contributed by atoms with Crippen LogP contribution in [0.15, 0.2) is 35.5 Å². The number of thioether (sulfide) groups is 1. The van der Waals surface area contributed by atoms with Gasteiger partial charge in [0, 0.05) is 5.56 Å². The van der Waals surface area contributed by atoms with Gasteiger partial charge in [0.1, 0.15) is 11.4 Å². The number of aromatic nitrogens is 2. The topological polar surface area (TPSA) is 72.3 Å². The van der Waals surface area contributed by atoms with Gasteiger partial charge in [-0.3, -0.25) is 4.79 Å². The highest BCUT2D eigenvalue weighted by Crippen LogP contribution is 2.28. The standard InChI is InChI=1S/C14H12F2N2O3S/c1-21-9-4-2-3-8(5-9)10-6-11(13(15)16)18-14(17-10)22-7-12(19)20/h2-6,13H,7H2,1H3,(H,19,20). The van der Waals surface area contributed by atoms with Crippen molar-refractivity contribution in [3.8, 4) is 17.0 Å². The molecule has 0 aliphatic rings. The van der Waals surface area contributed by atoms with Crippen LogP contribution in [-0.4, -0.2) is 33.9 Å². The summed E-state index contributed by atoms with van der Waals surface area (Å²) in [5.41, 5.74) is 0.429. The third kappa shape index (κ3) is 4.14. The average molecular weight is 326 g/mol. The largest absolute Gasteiger partial charge is 0.497 e. The lowest BCUT2D eigenvalue weighted by Crippen LogP contribution is -2.02. The van der Waals surface area contributed by atoms with Crippen LogP contribution in [0, 0.1) is 0 Å². The number of alkyl halides is 2. The van der Waals surface area contributed by atoms with Gasteiger partial charge in [0.05, 0.1) is 18.6 Å². The molecule has 0 bridgehead atoms. The van der Waals surface area contributed by atoms with E-state index in [0.717, 1.165) is 11.8 Å². The van der Waals surface area contributed by atoms with Gasteiger partial charge >= 0.3 is 5.97 Å². The fourth-order valence-corrected chi connectivity index (χ4v) is 2.26. The number of rotatable bonds is 6. The Morgan fingerprint density at radius 1 is 1.36 bits per heavy atom. The Labute approximate surface area is 129 Å². The summed E-state index contributed by atoms with van der Waals surface area (Å²) in [7, 11) is 1.50. The third-order valence-electron chi connectivity index (χ3n) is 2.64. The summed E-state index contributed by atoms with van der Waals surface area (Å²) in [6.45, 7) is 0. The second kappa shape index (κ2) is 7.17. The minimum atomic E-state index is -2.77. The van der Waals surface area contributed by atoms with Crippen molar-refractivity contribution >= 4 is 17.7 Å². The van der Waals surface area contributed by atoms with Gasteiger partial charge in [-0.05, 0) is 18.2 Å². The molecule has 0 aliphatic carbocycles. The lowest BCUT2D eigenvalue weighted by Gasteiger charge is -2.08. The number of carbonyl (C=O) groups is 1. The van der Waals surface area contributed by atoms with Crippen LogP contribution in [0.5, 0.6) is 5.75 Å². The summed E-state index contributed by atoms with van der Waals surface area (Å²) in [5.74, 6) is -0.807. The van der Waals surface area contributed by atoms with E-state index >= 15 is 0 Å². The lowest BCUT2D eigenvalue weighted by molar-refractivity contribution is -0.133. The predicted molar refractivity (Wildman–Crippen MR) is 77.3 cm³/mol. The number of methoxy groups -OCH3 is 1. The van der Waals surface area contributed by atoms with Crippen molar-refractivity contribution < 1.29 is 23.4 Å². The predicted octanol–water partition coefficient (Wildman–Crippen LogP) is 3.27. The van der Waals surface area contributed by atoms with Crippen LogP contribution < -0.4 is 4.74 Å². The van der Waals surface area contributed by atoms with Gasteiger partial charge in [-0.15, -0.1) is 0 Å². The number of hydrogen-bond acceptors (Lipinski definition) is 5. The molecule has 1 aromatic carbocycles. The van der Waals surface area contributed by atoms with E-state index in [9.17, 15) is 13.6 Å². The summed E-state index contributed by atoms with van der Waals surface area (Å²) in [6, 6.07) is 7.97. The van der Waals surface area contributed by atoms with Crippen LogP contribution in [-0.2, 0) is 4.79 Å². The van der Waals surface area contributed by atoms with Crippen molar-refractivity contribution in [2.75, 3.05) is 12.9 Å². The van der Waals surface area contributed by atoms with Crippen LogP contribution in [0.4, 0.5) is 8.78 Å². The van der Waals surface area contributed by atoms with Crippen LogP contribution in [0.3, 0.4) is 0 Å². The molecule has 0 aliphatic heterocycles. The molecule has 1 heterocycles. The molecular formula is C14H12F2N2O3S. The molecule has 0 saturated heterocycles. The van der Waals surface area contributed by atoms with Crippen molar-refractivity contribution in [1.29, 1.82) is 0 Å². The van der Waals surface area contributed by atoms with E-state index in [2.05, 4.69) is 9.97 Å². The molecule has 0 radical (unpaired) electrons. The summed E-state index contributed by atoms with van der Waals surface area (Å²) in [5, 5.41) is 8.67. The fraction of sp³-hybridized carbons (Fsp3) is 0.214. The molecule has 1 aromatic heterocycles. The number of carboxylic acids is 1. The quantitative estimate of drug-likeness (QED) is 0.649. The third-order valence-corrected chi connectivity index (χ3v) is 3.47. The monoisotopic (exact) mass is 326 g/mol. The van der Waals surface area contributed by atoms with Gasteiger partial charge in [-0.2, -0.15) is 0 Å². The Morgan fingerprint density at radius 2 is 2.14 bits per heavy atom. The van der Waals surface area contributed by atoms with Crippen molar-refractivity contribution in [3.63, 3.8) is 0 Å². The molecule has 0 amide bonds. The average Bonchev–Trinajstić information content (AvgIpc) is 2.52. The van der Waals surface area contributed by atoms with Crippen LogP contribution >= 0.6 is 11.8 Å². The number of ether oxygens (including phenoxy) is 1. The molecule has 116 valence electrons. The molecule has 0 spiro atoms. The Hall–Kier alpha value is -2.22. The van der Waals surface area contributed by atoms with Crippen molar-refractivity contribution in [2.45, 2.75) is 11.6 Å². The first-order valence-electron chi connectivity index (χ1n) is 6.15.